The molecule has 7 heteroatoms. The molecule has 0 fully saturated rings. The molecule has 2 amide bonds. The number of hydrogen-bond acceptors (Lipinski definition) is 2. The Labute approximate surface area is 187 Å². The van der Waals surface area contributed by atoms with Crippen molar-refractivity contribution in [1.82, 2.24) is 9.47 Å². The van der Waals surface area contributed by atoms with Crippen LogP contribution in [0.3, 0.4) is 0 Å². The maximum atomic E-state index is 13.0. The number of anilines is 1. The van der Waals surface area contributed by atoms with Crippen molar-refractivity contribution < 1.29 is 9.53 Å². The Morgan fingerprint density at radius 3 is 2.43 bits per heavy atom. The minimum atomic E-state index is -0.287. The predicted molar refractivity (Wildman–Crippen MR) is 122 cm³/mol. The number of rotatable bonds is 8. The van der Waals surface area contributed by atoms with Gasteiger partial charge in [0.25, 0.3) is 0 Å². The number of para-hydroxylation sites is 1. The zero-order valence-electron chi connectivity index (χ0n) is 17.1. The molecule has 0 aliphatic rings. The topological polar surface area (TPSA) is 46.5 Å². The molecule has 0 radical (unpaired) electrons. The number of urea groups is 1. The zero-order valence-corrected chi connectivity index (χ0v) is 18.6. The summed E-state index contributed by atoms with van der Waals surface area (Å²) in [7, 11) is 1.61. The first kappa shape index (κ1) is 22.2. The van der Waals surface area contributed by atoms with Crippen LogP contribution in [0.2, 0.25) is 10.0 Å². The van der Waals surface area contributed by atoms with Crippen LogP contribution in [0, 0.1) is 6.92 Å². The molecule has 0 spiro atoms. The highest BCUT2D eigenvalue weighted by molar-refractivity contribution is 6.39. The SMILES string of the molecule is COCCN(Cc1cccn1Cc1ccc(C)cc1)C(=O)Nc1c(Cl)cccc1Cl. The van der Waals surface area contributed by atoms with Gasteiger partial charge in [-0.25, -0.2) is 4.79 Å². The highest BCUT2D eigenvalue weighted by Gasteiger charge is 2.18. The summed E-state index contributed by atoms with van der Waals surface area (Å²) < 4.78 is 7.33. The molecule has 2 aromatic carbocycles. The number of carbonyl (C=O) groups is 1. The fraction of sp³-hybridized carbons (Fsp3) is 0.261. The molecule has 5 nitrogen and oxygen atoms in total. The minimum absolute atomic E-state index is 0.287. The summed E-state index contributed by atoms with van der Waals surface area (Å²) in [5.41, 5.74) is 3.86. The minimum Gasteiger partial charge on any atom is -0.383 e. The van der Waals surface area contributed by atoms with Crippen molar-refractivity contribution in [3.05, 3.63) is 87.7 Å². The van der Waals surface area contributed by atoms with Gasteiger partial charge in [-0.1, -0.05) is 59.1 Å². The van der Waals surface area contributed by atoms with Gasteiger partial charge < -0.3 is 19.5 Å². The molecule has 1 heterocycles. The maximum Gasteiger partial charge on any atom is 0.322 e. The Kier molecular flexibility index (Phi) is 7.80. The first-order chi connectivity index (χ1) is 14.5. The fourth-order valence-corrected chi connectivity index (χ4v) is 3.58. The number of nitrogens with one attached hydrogen (secondary N) is 1. The molecule has 0 bridgehead atoms. The lowest BCUT2D eigenvalue weighted by Crippen LogP contribution is -2.37. The smallest absolute Gasteiger partial charge is 0.322 e. The summed E-state index contributed by atoms with van der Waals surface area (Å²) in [6.07, 6.45) is 2.02. The van der Waals surface area contributed by atoms with Crippen molar-refractivity contribution in [3.63, 3.8) is 0 Å². The zero-order chi connectivity index (χ0) is 21.5. The number of amides is 2. The molecular formula is C23H25Cl2N3O2. The molecule has 1 aromatic heterocycles. The maximum absolute atomic E-state index is 13.0. The van der Waals surface area contributed by atoms with Gasteiger partial charge in [0.1, 0.15) is 0 Å². The number of aryl methyl sites for hydroxylation is 1. The summed E-state index contributed by atoms with van der Waals surface area (Å²) in [4.78, 5) is 14.7. The van der Waals surface area contributed by atoms with E-state index < -0.39 is 0 Å². The van der Waals surface area contributed by atoms with E-state index in [1.165, 1.54) is 11.1 Å². The summed E-state index contributed by atoms with van der Waals surface area (Å²) in [6.45, 7) is 4.08. The number of benzene rings is 2. The van der Waals surface area contributed by atoms with Crippen LogP contribution in [0.25, 0.3) is 0 Å². The van der Waals surface area contributed by atoms with Crippen LogP contribution in [0.1, 0.15) is 16.8 Å². The van der Waals surface area contributed by atoms with Gasteiger partial charge in [0.2, 0.25) is 0 Å². The number of halogens is 2. The standard InChI is InChI=1S/C23H25Cl2N3O2/c1-17-8-10-18(11-9-17)15-27-12-4-5-19(27)16-28(13-14-30-2)23(29)26-22-20(24)6-3-7-21(22)25/h3-12H,13-16H2,1-2H3,(H,26,29). The Balaban J connectivity index is 1.76. The summed E-state index contributed by atoms with van der Waals surface area (Å²) >= 11 is 12.4. The van der Waals surface area contributed by atoms with E-state index in [4.69, 9.17) is 27.9 Å². The number of methoxy groups -OCH3 is 1. The average molecular weight is 446 g/mol. The van der Waals surface area contributed by atoms with Crippen LogP contribution < -0.4 is 5.32 Å². The summed E-state index contributed by atoms with van der Waals surface area (Å²) in [5, 5.41) is 3.62. The van der Waals surface area contributed by atoms with Gasteiger partial charge in [-0.15, -0.1) is 0 Å². The Hall–Kier alpha value is -2.47. The molecule has 3 rings (SSSR count). The third kappa shape index (κ3) is 5.79. The third-order valence-corrected chi connectivity index (χ3v) is 5.43. The molecule has 0 saturated heterocycles. The van der Waals surface area contributed by atoms with E-state index in [0.29, 0.717) is 35.4 Å². The van der Waals surface area contributed by atoms with E-state index in [2.05, 4.69) is 41.1 Å². The largest absolute Gasteiger partial charge is 0.383 e. The lowest BCUT2D eigenvalue weighted by atomic mass is 10.1. The second-order valence-electron chi connectivity index (χ2n) is 7.05. The van der Waals surface area contributed by atoms with E-state index in [-0.39, 0.29) is 6.03 Å². The van der Waals surface area contributed by atoms with Gasteiger partial charge in [0.15, 0.2) is 0 Å². The van der Waals surface area contributed by atoms with Crippen molar-refractivity contribution in [3.8, 4) is 0 Å². The Morgan fingerprint density at radius 2 is 1.77 bits per heavy atom. The van der Waals surface area contributed by atoms with Crippen LogP contribution >= 0.6 is 23.2 Å². The van der Waals surface area contributed by atoms with Crippen molar-refractivity contribution in [2.75, 3.05) is 25.6 Å². The summed E-state index contributed by atoms with van der Waals surface area (Å²) in [6, 6.07) is 17.3. The third-order valence-electron chi connectivity index (χ3n) is 4.80. The number of ether oxygens (including phenoxy) is 1. The van der Waals surface area contributed by atoms with Crippen molar-refractivity contribution in [2.24, 2.45) is 0 Å². The molecule has 30 heavy (non-hydrogen) atoms. The highest BCUT2D eigenvalue weighted by atomic mass is 35.5. The van der Waals surface area contributed by atoms with E-state index in [1.807, 2.05) is 18.3 Å². The van der Waals surface area contributed by atoms with E-state index in [0.717, 1.165) is 12.2 Å². The van der Waals surface area contributed by atoms with E-state index in [1.54, 1.807) is 30.2 Å². The first-order valence-electron chi connectivity index (χ1n) is 9.66. The van der Waals surface area contributed by atoms with E-state index >= 15 is 0 Å². The predicted octanol–water partition coefficient (Wildman–Crippen LogP) is 5.83. The van der Waals surface area contributed by atoms with Gasteiger partial charge in [0.05, 0.1) is 28.9 Å². The van der Waals surface area contributed by atoms with Crippen molar-refractivity contribution >= 4 is 34.9 Å². The van der Waals surface area contributed by atoms with Crippen LogP contribution in [-0.2, 0) is 17.8 Å². The number of hydrogen-bond donors (Lipinski definition) is 1. The molecule has 0 saturated carbocycles. The highest BCUT2D eigenvalue weighted by Crippen LogP contribution is 2.30. The molecule has 158 valence electrons. The van der Waals surface area contributed by atoms with Gasteiger partial charge >= 0.3 is 6.03 Å². The molecular weight excluding hydrogens is 421 g/mol. The molecule has 0 aliphatic heterocycles. The lowest BCUT2D eigenvalue weighted by Gasteiger charge is -2.24. The molecule has 1 N–H and O–H groups in total. The number of nitrogens with zero attached hydrogens (tertiary/aromatic N) is 2. The van der Waals surface area contributed by atoms with Crippen LogP contribution in [-0.4, -0.2) is 35.8 Å². The quantitative estimate of drug-likeness (QED) is 0.473. The molecule has 3 aromatic rings. The van der Waals surface area contributed by atoms with Gasteiger partial charge in [-0.3, -0.25) is 0 Å². The molecule has 0 atom stereocenters. The Morgan fingerprint density at radius 1 is 1.07 bits per heavy atom. The van der Waals surface area contributed by atoms with Gasteiger partial charge in [0, 0.05) is 32.1 Å². The number of carbonyl (C=O) groups excluding carboxylic acids is 1. The number of aromatic nitrogens is 1. The first-order valence-corrected chi connectivity index (χ1v) is 10.4. The van der Waals surface area contributed by atoms with Crippen LogP contribution in [0.15, 0.2) is 60.8 Å². The van der Waals surface area contributed by atoms with Crippen molar-refractivity contribution in [1.29, 1.82) is 0 Å². The van der Waals surface area contributed by atoms with Crippen LogP contribution in [0.5, 0.6) is 0 Å². The normalized spacial score (nSPS) is 10.8. The fourth-order valence-electron chi connectivity index (χ4n) is 3.09. The monoisotopic (exact) mass is 445 g/mol. The van der Waals surface area contributed by atoms with E-state index in [9.17, 15) is 4.79 Å². The Bertz CT molecular complexity index is 966. The van der Waals surface area contributed by atoms with Crippen LogP contribution in [0.4, 0.5) is 10.5 Å². The summed E-state index contributed by atoms with van der Waals surface area (Å²) in [5.74, 6) is 0. The second-order valence-corrected chi connectivity index (χ2v) is 7.87. The van der Waals surface area contributed by atoms with Gasteiger partial charge in [-0.05, 0) is 36.8 Å². The molecule has 0 unspecified atom stereocenters. The molecule has 0 aliphatic carbocycles. The van der Waals surface area contributed by atoms with Gasteiger partial charge in [-0.2, -0.15) is 0 Å². The van der Waals surface area contributed by atoms with Crippen molar-refractivity contribution in [2.45, 2.75) is 20.0 Å². The lowest BCUT2D eigenvalue weighted by molar-refractivity contribution is 0.152. The average Bonchev–Trinajstić information content (AvgIpc) is 3.16. The second kappa shape index (κ2) is 10.5.